The summed E-state index contributed by atoms with van der Waals surface area (Å²) in [6.45, 7) is 7.34. The number of rotatable bonds is 7. The monoisotopic (exact) mass is 386 g/mol. The summed E-state index contributed by atoms with van der Waals surface area (Å²) in [6.07, 6.45) is 5.19. The van der Waals surface area contributed by atoms with Crippen LogP contribution in [0.5, 0.6) is 11.5 Å². The zero-order valence-corrected chi connectivity index (χ0v) is 16.5. The zero-order valence-electron chi connectivity index (χ0n) is 16.5. The standard InChI is InChI=1S/C22H26O6/c1-5-6-17-12-22(21(11-18(17)24)26-13-27-22)14(2)9-16-7-8-19(25-4)20(10-16)28-15(3)23/h5,7-8,10-11,14,17H,1,6,9,12-13H2,2-4H3/t14?,17-,22+/m0/s1. The largest absolute Gasteiger partial charge is 0.493 e. The third-order valence-electron chi connectivity index (χ3n) is 5.44. The predicted octanol–water partition coefficient (Wildman–Crippen LogP) is 3.59. The van der Waals surface area contributed by atoms with Crippen molar-refractivity contribution in [2.24, 2.45) is 11.8 Å². The zero-order chi connectivity index (χ0) is 20.3. The van der Waals surface area contributed by atoms with Gasteiger partial charge in [-0.3, -0.25) is 9.59 Å². The van der Waals surface area contributed by atoms with Crippen LogP contribution in [0.4, 0.5) is 0 Å². The molecule has 1 heterocycles. The van der Waals surface area contributed by atoms with Crippen molar-refractivity contribution in [3.63, 3.8) is 0 Å². The van der Waals surface area contributed by atoms with Crippen molar-refractivity contribution in [2.45, 2.75) is 38.7 Å². The van der Waals surface area contributed by atoms with Gasteiger partial charge in [-0.2, -0.15) is 0 Å². The van der Waals surface area contributed by atoms with Crippen molar-refractivity contribution in [3.05, 3.63) is 48.3 Å². The second kappa shape index (κ2) is 8.19. The van der Waals surface area contributed by atoms with Crippen molar-refractivity contribution in [3.8, 4) is 11.5 Å². The van der Waals surface area contributed by atoms with Gasteiger partial charge >= 0.3 is 5.97 Å². The molecule has 6 nitrogen and oxygen atoms in total. The van der Waals surface area contributed by atoms with Crippen LogP contribution in [0.15, 0.2) is 42.7 Å². The van der Waals surface area contributed by atoms with Crippen LogP contribution in [0.1, 0.15) is 32.3 Å². The summed E-state index contributed by atoms with van der Waals surface area (Å²) in [6, 6.07) is 5.53. The average molecular weight is 386 g/mol. The van der Waals surface area contributed by atoms with Crippen molar-refractivity contribution >= 4 is 11.8 Å². The SMILES string of the molecule is C=CC[C@H]1C[C@]2(C(C)Cc3ccc(OC)c(OC(C)=O)c3)OCOC2=CC1=O. The molecule has 3 atom stereocenters. The Morgan fingerprint density at radius 1 is 1.43 bits per heavy atom. The Hall–Kier alpha value is -2.60. The van der Waals surface area contributed by atoms with Crippen LogP contribution in [0.3, 0.4) is 0 Å². The normalized spacial score (nSPS) is 24.6. The molecule has 150 valence electrons. The third kappa shape index (κ3) is 3.83. The highest BCUT2D eigenvalue weighted by atomic mass is 16.7. The molecule has 6 heteroatoms. The van der Waals surface area contributed by atoms with Gasteiger partial charge in [0.05, 0.1) is 7.11 Å². The Bertz CT molecular complexity index is 811. The average Bonchev–Trinajstić information content (AvgIpc) is 3.06. The summed E-state index contributed by atoms with van der Waals surface area (Å²) in [5, 5.41) is 0. The Kier molecular flexibility index (Phi) is 5.89. The van der Waals surface area contributed by atoms with E-state index in [2.05, 4.69) is 13.5 Å². The minimum Gasteiger partial charge on any atom is -0.493 e. The van der Waals surface area contributed by atoms with Gasteiger partial charge < -0.3 is 18.9 Å². The molecule has 0 bridgehead atoms. The summed E-state index contributed by atoms with van der Waals surface area (Å²) in [5.74, 6) is 1.04. The number of hydrogen-bond acceptors (Lipinski definition) is 6. The Morgan fingerprint density at radius 2 is 2.21 bits per heavy atom. The molecule has 0 spiro atoms. The first-order valence-corrected chi connectivity index (χ1v) is 9.38. The van der Waals surface area contributed by atoms with Gasteiger partial charge in [-0.25, -0.2) is 0 Å². The fraction of sp³-hybridized carbons (Fsp3) is 0.455. The van der Waals surface area contributed by atoms with Gasteiger partial charge in [-0.15, -0.1) is 6.58 Å². The second-order valence-corrected chi connectivity index (χ2v) is 7.32. The van der Waals surface area contributed by atoms with Crippen molar-refractivity contribution < 1.29 is 28.5 Å². The minimum absolute atomic E-state index is 0.0419. The molecule has 1 aliphatic heterocycles. The summed E-state index contributed by atoms with van der Waals surface area (Å²) in [5.41, 5.74) is 0.342. The van der Waals surface area contributed by atoms with E-state index in [-0.39, 0.29) is 24.4 Å². The lowest BCUT2D eigenvalue weighted by molar-refractivity contribution is -0.132. The maximum absolute atomic E-state index is 12.3. The molecule has 0 amide bonds. The molecular formula is C22H26O6. The quantitative estimate of drug-likeness (QED) is 0.405. The highest BCUT2D eigenvalue weighted by Crippen LogP contribution is 2.46. The molecule has 1 aromatic carbocycles. The van der Waals surface area contributed by atoms with E-state index in [1.807, 2.05) is 12.1 Å². The van der Waals surface area contributed by atoms with Crippen LogP contribution in [0, 0.1) is 11.8 Å². The first-order chi connectivity index (χ1) is 13.4. The number of carbonyl (C=O) groups excluding carboxylic acids is 2. The van der Waals surface area contributed by atoms with E-state index in [1.165, 1.54) is 14.0 Å². The van der Waals surface area contributed by atoms with E-state index in [1.54, 1.807) is 18.2 Å². The van der Waals surface area contributed by atoms with Crippen molar-refractivity contribution in [2.75, 3.05) is 13.9 Å². The lowest BCUT2D eigenvalue weighted by Crippen LogP contribution is -2.44. The number of carbonyl (C=O) groups is 2. The molecule has 0 radical (unpaired) electrons. The van der Waals surface area contributed by atoms with E-state index in [9.17, 15) is 9.59 Å². The summed E-state index contributed by atoms with van der Waals surface area (Å²) in [7, 11) is 1.53. The molecular weight excluding hydrogens is 360 g/mol. The fourth-order valence-electron chi connectivity index (χ4n) is 4.02. The van der Waals surface area contributed by atoms with Gasteiger partial charge in [0, 0.05) is 18.9 Å². The molecule has 0 aromatic heterocycles. The lowest BCUT2D eigenvalue weighted by Gasteiger charge is -2.38. The van der Waals surface area contributed by atoms with Crippen LogP contribution in [-0.4, -0.2) is 31.3 Å². The van der Waals surface area contributed by atoms with Gasteiger partial charge in [-0.05, 0) is 42.9 Å². The number of esters is 1. The van der Waals surface area contributed by atoms with Gasteiger partial charge in [0.15, 0.2) is 24.1 Å². The molecule has 1 fully saturated rings. The molecule has 1 unspecified atom stereocenters. The van der Waals surface area contributed by atoms with Gasteiger partial charge in [-0.1, -0.05) is 19.1 Å². The third-order valence-corrected chi connectivity index (χ3v) is 5.44. The molecule has 1 aliphatic carbocycles. The molecule has 2 aliphatic rings. The van der Waals surface area contributed by atoms with Crippen LogP contribution >= 0.6 is 0 Å². The number of ether oxygens (including phenoxy) is 4. The molecule has 28 heavy (non-hydrogen) atoms. The lowest BCUT2D eigenvalue weighted by atomic mass is 9.71. The van der Waals surface area contributed by atoms with Gasteiger partial charge in [0.25, 0.3) is 0 Å². The highest BCUT2D eigenvalue weighted by molar-refractivity contribution is 5.93. The predicted molar refractivity (Wildman–Crippen MR) is 103 cm³/mol. The van der Waals surface area contributed by atoms with E-state index < -0.39 is 11.6 Å². The van der Waals surface area contributed by atoms with E-state index in [4.69, 9.17) is 18.9 Å². The maximum Gasteiger partial charge on any atom is 0.308 e. The molecule has 3 rings (SSSR count). The Labute approximate surface area is 165 Å². The fourth-order valence-corrected chi connectivity index (χ4v) is 4.02. The first kappa shape index (κ1) is 20.1. The summed E-state index contributed by atoms with van der Waals surface area (Å²) in [4.78, 5) is 23.7. The van der Waals surface area contributed by atoms with Crippen LogP contribution < -0.4 is 9.47 Å². The van der Waals surface area contributed by atoms with E-state index in [0.29, 0.717) is 36.5 Å². The Balaban J connectivity index is 1.86. The molecule has 0 saturated carbocycles. The number of benzene rings is 1. The number of hydrogen-bond donors (Lipinski definition) is 0. The van der Waals surface area contributed by atoms with Crippen LogP contribution in [-0.2, 0) is 25.5 Å². The first-order valence-electron chi connectivity index (χ1n) is 9.38. The maximum atomic E-state index is 12.3. The number of allylic oxidation sites excluding steroid dienone is 2. The van der Waals surface area contributed by atoms with Crippen LogP contribution in [0.2, 0.25) is 0 Å². The molecule has 1 saturated heterocycles. The topological polar surface area (TPSA) is 71.1 Å². The highest BCUT2D eigenvalue weighted by Gasteiger charge is 2.51. The van der Waals surface area contributed by atoms with Crippen molar-refractivity contribution in [1.29, 1.82) is 0 Å². The van der Waals surface area contributed by atoms with E-state index in [0.717, 1.165) is 5.56 Å². The van der Waals surface area contributed by atoms with Crippen LogP contribution in [0.25, 0.3) is 0 Å². The van der Waals surface area contributed by atoms with Crippen molar-refractivity contribution in [1.82, 2.24) is 0 Å². The number of ketones is 1. The number of methoxy groups -OCH3 is 1. The van der Waals surface area contributed by atoms with Gasteiger partial charge in [0.2, 0.25) is 0 Å². The summed E-state index contributed by atoms with van der Waals surface area (Å²) >= 11 is 0. The second-order valence-electron chi connectivity index (χ2n) is 7.32. The molecule has 0 N–H and O–H groups in total. The van der Waals surface area contributed by atoms with E-state index >= 15 is 0 Å². The number of fused-ring (bicyclic) bond motifs is 1. The smallest absolute Gasteiger partial charge is 0.308 e. The minimum atomic E-state index is -0.636. The Morgan fingerprint density at radius 3 is 2.89 bits per heavy atom. The van der Waals surface area contributed by atoms with Gasteiger partial charge in [0.1, 0.15) is 11.4 Å². The molecule has 1 aromatic rings. The summed E-state index contributed by atoms with van der Waals surface area (Å²) < 4.78 is 22.2.